The average molecular weight is 429 g/mol. The van der Waals surface area contributed by atoms with Crippen LogP contribution in [0.3, 0.4) is 0 Å². The van der Waals surface area contributed by atoms with Crippen LogP contribution in [0, 0.1) is 0 Å². The zero-order chi connectivity index (χ0) is 22.2. The lowest BCUT2D eigenvalue weighted by Gasteiger charge is -2.37. The van der Waals surface area contributed by atoms with Crippen LogP contribution in [0.25, 0.3) is 5.69 Å². The molecule has 1 aliphatic heterocycles. The number of anilines is 2. The van der Waals surface area contributed by atoms with Gasteiger partial charge in [0.05, 0.1) is 23.6 Å². The number of hydrogen-bond acceptors (Lipinski definition) is 7. The second-order valence-corrected chi connectivity index (χ2v) is 7.54. The SMILES string of the molecule is CCOCCCNc1c(N2CCN(C(=O)[C@@H](C)N)CC2)cnn(-c2ccccc2)c1=O. The van der Waals surface area contributed by atoms with Gasteiger partial charge in [-0.05, 0) is 32.4 Å². The topological polar surface area (TPSA) is 106 Å². The van der Waals surface area contributed by atoms with Crippen LogP contribution in [0.1, 0.15) is 20.3 Å². The van der Waals surface area contributed by atoms with Crippen molar-refractivity contribution in [3.8, 4) is 5.69 Å². The van der Waals surface area contributed by atoms with E-state index in [9.17, 15) is 9.59 Å². The second-order valence-electron chi connectivity index (χ2n) is 7.54. The number of benzene rings is 1. The Bertz CT molecular complexity index is 907. The van der Waals surface area contributed by atoms with Crippen LogP contribution in [0.15, 0.2) is 41.3 Å². The van der Waals surface area contributed by atoms with E-state index in [2.05, 4.69) is 15.3 Å². The molecule has 3 rings (SSSR count). The number of rotatable bonds is 9. The number of nitrogens with two attached hydrogens (primary N) is 1. The number of ether oxygens (including phenoxy) is 1. The molecular weight excluding hydrogens is 396 g/mol. The van der Waals surface area contributed by atoms with Crippen molar-refractivity contribution in [3.63, 3.8) is 0 Å². The average Bonchev–Trinajstić information content (AvgIpc) is 2.80. The maximum absolute atomic E-state index is 13.3. The van der Waals surface area contributed by atoms with Gasteiger partial charge in [0.25, 0.3) is 5.56 Å². The monoisotopic (exact) mass is 428 g/mol. The standard InChI is InChI=1S/C22H32N6O3/c1-3-31-15-7-10-24-20-19(26-11-13-27(14-12-26)21(29)17(2)23)16-25-28(22(20)30)18-8-5-4-6-9-18/h4-6,8-9,16-17,24H,3,7,10-15,23H2,1-2H3/t17-/m1/s1. The van der Waals surface area contributed by atoms with Gasteiger partial charge in [-0.1, -0.05) is 18.2 Å². The molecule has 1 aliphatic rings. The number of carbonyl (C=O) groups is 1. The molecule has 1 saturated heterocycles. The van der Waals surface area contributed by atoms with Crippen molar-refractivity contribution in [2.75, 3.05) is 56.2 Å². The molecule has 0 spiro atoms. The molecule has 168 valence electrons. The predicted octanol–water partition coefficient (Wildman–Crippen LogP) is 1.07. The maximum atomic E-state index is 13.3. The third-order valence-electron chi connectivity index (χ3n) is 5.25. The van der Waals surface area contributed by atoms with Crippen LogP contribution in [-0.4, -0.2) is 72.6 Å². The molecule has 0 aliphatic carbocycles. The molecular formula is C22H32N6O3. The first kappa shape index (κ1) is 22.8. The van der Waals surface area contributed by atoms with Crippen molar-refractivity contribution in [1.82, 2.24) is 14.7 Å². The second kappa shape index (κ2) is 10.9. The van der Waals surface area contributed by atoms with Crippen LogP contribution in [0.2, 0.25) is 0 Å². The lowest BCUT2D eigenvalue weighted by atomic mass is 10.2. The summed E-state index contributed by atoms with van der Waals surface area (Å²) in [5.74, 6) is -0.0495. The molecule has 3 N–H and O–H groups in total. The minimum Gasteiger partial charge on any atom is -0.382 e. The first-order valence-corrected chi connectivity index (χ1v) is 10.8. The summed E-state index contributed by atoms with van der Waals surface area (Å²) in [7, 11) is 0. The Hall–Kier alpha value is -2.91. The number of piperazine rings is 1. The van der Waals surface area contributed by atoms with E-state index in [1.807, 2.05) is 37.3 Å². The fourth-order valence-corrected chi connectivity index (χ4v) is 3.59. The Morgan fingerprint density at radius 3 is 2.58 bits per heavy atom. The van der Waals surface area contributed by atoms with E-state index < -0.39 is 6.04 Å². The van der Waals surface area contributed by atoms with Gasteiger partial charge in [0.2, 0.25) is 5.91 Å². The van der Waals surface area contributed by atoms with Crippen molar-refractivity contribution >= 4 is 17.3 Å². The molecule has 0 saturated carbocycles. The molecule has 2 aromatic rings. The van der Waals surface area contributed by atoms with Gasteiger partial charge >= 0.3 is 0 Å². The van der Waals surface area contributed by atoms with E-state index >= 15 is 0 Å². The zero-order valence-corrected chi connectivity index (χ0v) is 18.3. The largest absolute Gasteiger partial charge is 0.382 e. The number of nitrogens with zero attached hydrogens (tertiary/aromatic N) is 4. The van der Waals surface area contributed by atoms with Gasteiger partial charge in [-0.15, -0.1) is 0 Å². The van der Waals surface area contributed by atoms with Crippen molar-refractivity contribution in [3.05, 3.63) is 46.9 Å². The minimum atomic E-state index is -0.509. The van der Waals surface area contributed by atoms with E-state index in [0.717, 1.165) is 12.1 Å². The van der Waals surface area contributed by atoms with Gasteiger partial charge in [-0.2, -0.15) is 9.78 Å². The molecule has 9 heteroatoms. The Balaban J connectivity index is 1.82. The summed E-state index contributed by atoms with van der Waals surface area (Å²) >= 11 is 0. The van der Waals surface area contributed by atoms with E-state index in [-0.39, 0.29) is 11.5 Å². The van der Waals surface area contributed by atoms with Crippen LogP contribution in [0.5, 0.6) is 0 Å². The third kappa shape index (κ3) is 5.62. The third-order valence-corrected chi connectivity index (χ3v) is 5.25. The van der Waals surface area contributed by atoms with Crippen molar-refractivity contribution in [2.24, 2.45) is 5.73 Å². The summed E-state index contributed by atoms with van der Waals surface area (Å²) < 4.78 is 6.81. The predicted molar refractivity (Wildman–Crippen MR) is 122 cm³/mol. The number of carbonyl (C=O) groups excluding carboxylic acids is 1. The molecule has 0 radical (unpaired) electrons. The normalized spacial score (nSPS) is 15.1. The molecule has 2 heterocycles. The summed E-state index contributed by atoms with van der Waals surface area (Å²) in [6.45, 7) is 7.93. The highest BCUT2D eigenvalue weighted by Gasteiger charge is 2.26. The molecule has 1 aromatic carbocycles. The fourth-order valence-electron chi connectivity index (χ4n) is 3.59. The molecule has 1 aromatic heterocycles. The van der Waals surface area contributed by atoms with Gasteiger partial charge in [0, 0.05) is 45.9 Å². The summed E-state index contributed by atoms with van der Waals surface area (Å²) in [6.07, 6.45) is 2.51. The molecule has 0 unspecified atom stereocenters. The van der Waals surface area contributed by atoms with E-state index in [1.54, 1.807) is 18.0 Å². The van der Waals surface area contributed by atoms with Gasteiger partial charge in [0.1, 0.15) is 5.69 Å². The first-order valence-electron chi connectivity index (χ1n) is 10.8. The highest BCUT2D eigenvalue weighted by molar-refractivity contribution is 5.81. The van der Waals surface area contributed by atoms with Crippen LogP contribution in [0.4, 0.5) is 11.4 Å². The number of amides is 1. The van der Waals surface area contributed by atoms with Crippen LogP contribution in [-0.2, 0) is 9.53 Å². The molecule has 31 heavy (non-hydrogen) atoms. The van der Waals surface area contributed by atoms with Gasteiger partial charge in [-0.25, -0.2) is 0 Å². The summed E-state index contributed by atoms with van der Waals surface area (Å²) in [6, 6.07) is 8.85. The smallest absolute Gasteiger partial charge is 0.296 e. The zero-order valence-electron chi connectivity index (χ0n) is 18.3. The number of para-hydroxylation sites is 1. The van der Waals surface area contributed by atoms with E-state index in [4.69, 9.17) is 10.5 Å². The fraction of sp³-hybridized carbons (Fsp3) is 0.500. The molecule has 9 nitrogen and oxygen atoms in total. The summed E-state index contributed by atoms with van der Waals surface area (Å²) in [5, 5.41) is 7.73. The van der Waals surface area contributed by atoms with Crippen LogP contribution >= 0.6 is 0 Å². The summed E-state index contributed by atoms with van der Waals surface area (Å²) in [4.78, 5) is 29.4. The van der Waals surface area contributed by atoms with Gasteiger partial charge in [0.15, 0.2) is 0 Å². The minimum absolute atomic E-state index is 0.0495. The Kier molecular flexibility index (Phi) is 8.02. The number of nitrogens with one attached hydrogen (secondary N) is 1. The number of aromatic nitrogens is 2. The first-order chi connectivity index (χ1) is 15.0. The van der Waals surface area contributed by atoms with Gasteiger partial charge in [-0.3, -0.25) is 9.59 Å². The quantitative estimate of drug-likeness (QED) is 0.576. The molecule has 0 bridgehead atoms. The van der Waals surface area contributed by atoms with Gasteiger partial charge < -0.3 is 25.6 Å². The molecule has 1 fully saturated rings. The van der Waals surface area contributed by atoms with E-state index in [1.165, 1.54) is 4.68 Å². The number of hydrogen-bond donors (Lipinski definition) is 2. The van der Waals surface area contributed by atoms with E-state index in [0.29, 0.717) is 57.3 Å². The summed E-state index contributed by atoms with van der Waals surface area (Å²) in [5.41, 5.74) is 7.52. The van der Waals surface area contributed by atoms with Crippen LogP contribution < -0.4 is 21.5 Å². The Labute approximate surface area is 182 Å². The Morgan fingerprint density at radius 2 is 1.94 bits per heavy atom. The Morgan fingerprint density at radius 1 is 1.23 bits per heavy atom. The lowest BCUT2D eigenvalue weighted by Crippen LogP contribution is -2.53. The highest BCUT2D eigenvalue weighted by Crippen LogP contribution is 2.23. The van der Waals surface area contributed by atoms with Crippen molar-refractivity contribution < 1.29 is 9.53 Å². The maximum Gasteiger partial charge on any atom is 0.296 e. The molecule has 1 atom stereocenters. The molecule has 1 amide bonds. The van der Waals surface area contributed by atoms with Crippen molar-refractivity contribution in [2.45, 2.75) is 26.3 Å². The van der Waals surface area contributed by atoms with Crippen molar-refractivity contribution in [1.29, 1.82) is 0 Å². The lowest BCUT2D eigenvalue weighted by molar-refractivity contribution is -0.132. The highest BCUT2D eigenvalue weighted by atomic mass is 16.5.